The molecule has 0 unspecified atom stereocenters. The third-order valence-corrected chi connectivity index (χ3v) is 3.48. The molecule has 0 aromatic heterocycles. The first-order valence-corrected chi connectivity index (χ1v) is 7.29. The smallest absolute Gasteiger partial charge is 0.213 e. The fourth-order valence-electron chi connectivity index (χ4n) is 2.34. The highest BCUT2D eigenvalue weighted by Crippen LogP contribution is 2.33. The Hall–Kier alpha value is -2.05. The van der Waals surface area contributed by atoms with Crippen LogP contribution < -0.4 is 0 Å². The first-order chi connectivity index (χ1) is 9.90. The molecule has 2 rings (SSSR count). The van der Waals surface area contributed by atoms with Gasteiger partial charge in [-0.25, -0.2) is 4.99 Å². The highest BCUT2D eigenvalue weighted by Gasteiger charge is 2.35. The Morgan fingerprint density at radius 3 is 2.52 bits per heavy atom. The Morgan fingerprint density at radius 2 is 1.90 bits per heavy atom. The minimum Gasteiger partial charge on any atom is -0.467 e. The highest BCUT2D eigenvalue weighted by molar-refractivity contribution is 5.97. The largest absolute Gasteiger partial charge is 0.467 e. The predicted octanol–water partition coefficient (Wildman–Crippen LogP) is 4.83. The van der Waals surface area contributed by atoms with Crippen LogP contribution in [0.3, 0.4) is 0 Å². The van der Waals surface area contributed by atoms with Crippen molar-refractivity contribution in [1.29, 1.82) is 0 Å². The molecule has 21 heavy (non-hydrogen) atoms. The van der Waals surface area contributed by atoms with Crippen molar-refractivity contribution in [3.8, 4) is 0 Å². The first kappa shape index (κ1) is 15.3. The third-order valence-electron chi connectivity index (χ3n) is 3.48. The zero-order chi connectivity index (χ0) is 15.5. The molecule has 1 aromatic carbocycles. The summed E-state index contributed by atoms with van der Waals surface area (Å²) in [5.41, 5.74) is 7.51. The number of aliphatic imine (C=N–C) groups is 1. The van der Waals surface area contributed by atoms with Crippen molar-refractivity contribution in [3.05, 3.63) is 64.4 Å². The van der Waals surface area contributed by atoms with Crippen LogP contribution in [-0.4, -0.2) is 11.5 Å². The van der Waals surface area contributed by atoms with Gasteiger partial charge in [0.25, 0.3) is 0 Å². The van der Waals surface area contributed by atoms with Gasteiger partial charge < -0.3 is 4.74 Å². The monoisotopic (exact) mass is 281 g/mol. The lowest BCUT2D eigenvalue weighted by molar-refractivity contribution is 0.153. The lowest BCUT2D eigenvalue weighted by Gasteiger charge is -2.19. The molecule has 0 radical (unpaired) electrons. The molecule has 0 fully saturated rings. The minimum absolute atomic E-state index is 0.345. The molecule has 2 heteroatoms. The molecule has 0 spiro atoms. The van der Waals surface area contributed by atoms with E-state index in [1.807, 2.05) is 38.1 Å². The van der Waals surface area contributed by atoms with E-state index in [1.54, 1.807) is 0 Å². The van der Waals surface area contributed by atoms with E-state index in [1.165, 1.54) is 5.56 Å². The van der Waals surface area contributed by atoms with Gasteiger partial charge in [0.1, 0.15) is 5.60 Å². The molecule has 110 valence electrons. The fraction of sp³-hybridized carbons (Fsp3) is 0.368. The lowest BCUT2D eigenvalue weighted by Crippen LogP contribution is -2.22. The molecule has 0 atom stereocenters. The van der Waals surface area contributed by atoms with Gasteiger partial charge in [0.05, 0.1) is 6.54 Å². The van der Waals surface area contributed by atoms with Crippen LogP contribution in [0.15, 0.2) is 63.9 Å². The van der Waals surface area contributed by atoms with E-state index in [2.05, 4.69) is 43.6 Å². The number of nitrogens with zero attached hydrogens (tertiary/aromatic N) is 1. The molecule has 0 saturated heterocycles. The van der Waals surface area contributed by atoms with Crippen LogP contribution in [0.5, 0.6) is 0 Å². The molecule has 0 N–H and O–H groups in total. The highest BCUT2D eigenvalue weighted by atomic mass is 16.5. The lowest BCUT2D eigenvalue weighted by atomic mass is 9.96. The molecule has 1 heterocycles. The molecule has 0 bridgehead atoms. The van der Waals surface area contributed by atoms with Crippen LogP contribution in [0.1, 0.15) is 40.2 Å². The summed E-state index contributed by atoms with van der Waals surface area (Å²) in [5.74, 6) is 0.741. The maximum atomic E-state index is 6.02. The summed E-state index contributed by atoms with van der Waals surface area (Å²) in [4.78, 5) is 4.63. The van der Waals surface area contributed by atoms with Crippen LogP contribution in [0, 0.1) is 0 Å². The second-order valence-corrected chi connectivity index (χ2v) is 6.05. The molecule has 2 nitrogen and oxygen atoms in total. The summed E-state index contributed by atoms with van der Waals surface area (Å²) in [6.45, 7) is 10.9. The topological polar surface area (TPSA) is 21.6 Å². The molecule has 1 aliphatic heterocycles. The van der Waals surface area contributed by atoms with Gasteiger partial charge in [0, 0.05) is 11.1 Å². The summed E-state index contributed by atoms with van der Waals surface area (Å²) < 4.78 is 6.02. The van der Waals surface area contributed by atoms with Crippen molar-refractivity contribution < 1.29 is 4.74 Å². The summed E-state index contributed by atoms with van der Waals surface area (Å²) in [6.07, 6.45) is 2.02. The van der Waals surface area contributed by atoms with Crippen LogP contribution >= 0.6 is 0 Å². The summed E-state index contributed by atoms with van der Waals surface area (Å²) in [5, 5.41) is 0. The maximum Gasteiger partial charge on any atom is 0.213 e. The Balaban J connectivity index is 2.29. The second-order valence-electron chi connectivity index (χ2n) is 6.05. The predicted molar refractivity (Wildman–Crippen MR) is 88.4 cm³/mol. The molecule has 1 aliphatic rings. The van der Waals surface area contributed by atoms with E-state index in [0.717, 1.165) is 22.6 Å². The van der Waals surface area contributed by atoms with E-state index in [4.69, 9.17) is 4.74 Å². The average molecular weight is 281 g/mol. The van der Waals surface area contributed by atoms with Gasteiger partial charge in [0.15, 0.2) is 0 Å². The van der Waals surface area contributed by atoms with E-state index >= 15 is 0 Å². The molecular weight excluding hydrogens is 258 g/mol. The van der Waals surface area contributed by atoms with Crippen molar-refractivity contribution in [3.63, 3.8) is 0 Å². The van der Waals surface area contributed by atoms with Crippen molar-refractivity contribution in [2.45, 2.75) is 46.8 Å². The Kier molecular flexibility index (Phi) is 4.50. The zero-order valence-corrected chi connectivity index (χ0v) is 13.5. The van der Waals surface area contributed by atoms with Crippen LogP contribution in [0.2, 0.25) is 0 Å². The number of benzene rings is 1. The van der Waals surface area contributed by atoms with Crippen molar-refractivity contribution in [1.82, 2.24) is 0 Å². The summed E-state index contributed by atoms with van der Waals surface area (Å²) in [7, 11) is 0. The molecule has 0 saturated carbocycles. The minimum atomic E-state index is -0.345. The molecule has 1 aromatic rings. The van der Waals surface area contributed by atoms with E-state index in [9.17, 15) is 0 Å². The van der Waals surface area contributed by atoms with E-state index in [0.29, 0.717) is 6.54 Å². The summed E-state index contributed by atoms with van der Waals surface area (Å²) in [6, 6.07) is 10.2. The van der Waals surface area contributed by atoms with Crippen molar-refractivity contribution in [2.24, 2.45) is 4.99 Å². The number of rotatable bonds is 3. The molecule has 0 amide bonds. The van der Waals surface area contributed by atoms with Crippen LogP contribution in [0.4, 0.5) is 0 Å². The molecule has 0 aliphatic carbocycles. The Labute approximate surface area is 127 Å². The van der Waals surface area contributed by atoms with Crippen LogP contribution in [0.25, 0.3) is 0 Å². The second kappa shape index (κ2) is 6.15. The average Bonchev–Trinajstić information content (AvgIpc) is 2.65. The quantitative estimate of drug-likeness (QED) is 0.727. The van der Waals surface area contributed by atoms with Gasteiger partial charge in [-0.2, -0.15) is 0 Å². The number of hydrogen-bond donors (Lipinski definition) is 0. The number of hydrogen-bond acceptors (Lipinski definition) is 2. The number of ether oxygens (including phenoxy) is 1. The van der Waals surface area contributed by atoms with Gasteiger partial charge in [-0.3, -0.25) is 0 Å². The third kappa shape index (κ3) is 3.74. The SMILES string of the molecule is CC(C)=C=CC1=C(C)C(=NCc2ccccc2)OC1(C)C. The van der Waals surface area contributed by atoms with Gasteiger partial charge in [-0.15, -0.1) is 5.73 Å². The standard InChI is InChI=1S/C19H23NO/c1-14(2)11-12-17-15(3)18(21-19(17,4)5)20-13-16-9-7-6-8-10-16/h6-10,12H,13H2,1-5H3. The van der Waals surface area contributed by atoms with Gasteiger partial charge in [-0.05, 0) is 51.8 Å². The fourth-order valence-corrected chi connectivity index (χ4v) is 2.34. The van der Waals surface area contributed by atoms with E-state index in [-0.39, 0.29) is 5.60 Å². The first-order valence-electron chi connectivity index (χ1n) is 7.29. The van der Waals surface area contributed by atoms with Crippen molar-refractivity contribution in [2.75, 3.05) is 0 Å². The Morgan fingerprint density at radius 1 is 1.24 bits per heavy atom. The molecular formula is C19H23NO. The zero-order valence-electron chi connectivity index (χ0n) is 13.5. The Bertz CT molecular complexity index is 637. The normalized spacial score (nSPS) is 18.4. The van der Waals surface area contributed by atoms with E-state index < -0.39 is 0 Å². The van der Waals surface area contributed by atoms with Gasteiger partial charge in [0.2, 0.25) is 5.90 Å². The van der Waals surface area contributed by atoms with Crippen molar-refractivity contribution >= 4 is 5.90 Å². The van der Waals surface area contributed by atoms with Crippen LogP contribution in [-0.2, 0) is 11.3 Å². The maximum absolute atomic E-state index is 6.02. The van der Waals surface area contributed by atoms with Gasteiger partial charge in [-0.1, -0.05) is 30.3 Å². The van der Waals surface area contributed by atoms with Gasteiger partial charge >= 0.3 is 0 Å². The summed E-state index contributed by atoms with van der Waals surface area (Å²) >= 11 is 0.